The quantitative estimate of drug-likeness (QED) is 0.387. The molecule has 2 heteroatoms. The highest BCUT2D eigenvalue weighted by Gasteiger charge is 2.72. The lowest BCUT2D eigenvalue weighted by Gasteiger charge is -2.22. The van der Waals surface area contributed by atoms with Gasteiger partial charge >= 0.3 is 0 Å². The molecule has 0 amide bonds. The van der Waals surface area contributed by atoms with E-state index in [1.807, 2.05) is 0 Å². The highest BCUT2D eigenvalue weighted by Crippen LogP contribution is 2.74. The first kappa shape index (κ1) is 26.4. The zero-order valence-electron chi connectivity index (χ0n) is 24.8. The third-order valence-corrected chi connectivity index (χ3v) is 10.7. The third kappa shape index (κ3) is 4.17. The van der Waals surface area contributed by atoms with E-state index in [1.165, 1.54) is 17.5 Å². The summed E-state index contributed by atoms with van der Waals surface area (Å²) in [5.41, 5.74) is 4.93. The van der Waals surface area contributed by atoms with E-state index in [4.69, 9.17) is 0 Å². The minimum absolute atomic E-state index is 0.256. The van der Waals surface area contributed by atoms with Crippen molar-refractivity contribution in [3.63, 3.8) is 0 Å². The Bertz CT molecular complexity index is 1060. The lowest BCUT2D eigenvalue weighted by atomic mass is 9.82. The molecule has 0 saturated heterocycles. The predicted molar refractivity (Wildman–Crippen MR) is 146 cm³/mol. The van der Waals surface area contributed by atoms with E-state index >= 15 is 0 Å². The van der Waals surface area contributed by atoms with Gasteiger partial charge in [-0.1, -0.05) is 83.1 Å². The fourth-order valence-electron chi connectivity index (χ4n) is 8.35. The number of hydrogen-bond donors (Lipinski definition) is 0. The molecule has 2 saturated carbocycles. The zero-order chi connectivity index (χ0) is 26.2. The van der Waals surface area contributed by atoms with Gasteiger partial charge in [-0.05, 0) is 51.0 Å². The van der Waals surface area contributed by atoms with Crippen LogP contribution in [0.1, 0.15) is 101 Å². The van der Waals surface area contributed by atoms with Gasteiger partial charge in [0.25, 0.3) is 0 Å². The molecular weight excluding hydrogens is 424 g/mol. The summed E-state index contributed by atoms with van der Waals surface area (Å²) in [5, 5.41) is 0. The Morgan fingerprint density at radius 3 is 1.37 bits per heavy atom. The summed E-state index contributed by atoms with van der Waals surface area (Å²) in [5.74, 6) is 1.45. The zero-order valence-corrected chi connectivity index (χ0v) is 24.8. The second-order valence-electron chi connectivity index (χ2n) is 15.6. The molecule has 0 N–H and O–H groups in total. The number of pyridine rings is 2. The minimum atomic E-state index is 0.256. The molecule has 4 rings (SSSR count). The van der Waals surface area contributed by atoms with Crippen molar-refractivity contribution in [3.8, 4) is 0 Å². The van der Waals surface area contributed by atoms with Crippen LogP contribution in [0.4, 0.5) is 0 Å². The molecule has 0 aromatic carbocycles. The molecule has 0 aliphatic heterocycles. The van der Waals surface area contributed by atoms with Gasteiger partial charge in [0.2, 0.25) is 13.1 Å². The Kier molecular flexibility index (Phi) is 5.95. The summed E-state index contributed by atoms with van der Waals surface area (Å²) >= 11 is 0. The molecule has 2 nitrogen and oxygen atoms in total. The molecular formula is C33H52N2+2. The summed E-state index contributed by atoms with van der Waals surface area (Å²) in [7, 11) is 0. The van der Waals surface area contributed by atoms with Gasteiger partial charge in [0.15, 0.2) is 24.8 Å². The SMILES string of the molecule is CC(C)(C)CC1C(C)(C)C1(C)c1cc[n+](CC[n+]2ccc(C3(C)C(C(C)(C)C)C3(C)C)cc2)cc1. The lowest BCUT2D eigenvalue weighted by Crippen LogP contribution is -2.44. The molecule has 2 aromatic rings. The van der Waals surface area contributed by atoms with Gasteiger partial charge in [-0.2, -0.15) is 9.13 Å². The maximum atomic E-state index is 2.48. The number of rotatable bonds is 6. The summed E-state index contributed by atoms with van der Waals surface area (Å²) in [6, 6.07) is 9.49. The van der Waals surface area contributed by atoms with E-state index < -0.39 is 0 Å². The van der Waals surface area contributed by atoms with Crippen LogP contribution in [-0.4, -0.2) is 0 Å². The summed E-state index contributed by atoms with van der Waals surface area (Å²) in [6.45, 7) is 31.0. The van der Waals surface area contributed by atoms with Gasteiger partial charge in [0.1, 0.15) is 0 Å². The van der Waals surface area contributed by atoms with Gasteiger partial charge in [-0.3, -0.25) is 0 Å². The molecule has 0 radical (unpaired) electrons. The van der Waals surface area contributed by atoms with Crippen LogP contribution in [0.25, 0.3) is 0 Å². The molecule has 0 bridgehead atoms. The van der Waals surface area contributed by atoms with Crippen molar-refractivity contribution >= 4 is 0 Å². The van der Waals surface area contributed by atoms with Crippen molar-refractivity contribution in [2.45, 2.75) is 113 Å². The van der Waals surface area contributed by atoms with Crippen molar-refractivity contribution in [2.24, 2.45) is 33.5 Å². The third-order valence-electron chi connectivity index (χ3n) is 10.7. The molecule has 0 spiro atoms. The van der Waals surface area contributed by atoms with Gasteiger partial charge in [-0.15, -0.1) is 0 Å². The van der Waals surface area contributed by atoms with Crippen LogP contribution < -0.4 is 9.13 Å². The van der Waals surface area contributed by atoms with Crippen molar-refractivity contribution < 1.29 is 9.13 Å². The summed E-state index contributed by atoms with van der Waals surface area (Å²) in [6.07, 6.45) is 10.4. The van der Waals surface area contributed by atoms with Crippen molar-refractivity contribution in [1.82, 2.24) is 0 Å². The van der Waals surface area contributed by atoms with Crippen LogP contribution in [0.15, 0.2) is 49.1 Å². The second-order valence-corrected chi connectivity index (χ2v) is 15.6. The van der Waals surface area contributed by atoms with E-state index in [0.717, 1.165) is 19.0 Å². The van der Waals surface area contributed by atoms with Gasteiger partial charge in [0, 0.05) is 35.1 Å². The van der Waals surface area contributed by atoms with Crippen molar-refractivity contribution in [2.75, 3.05) is 0 Å². The van der Waals surface area contributed by atoms with Crippen LogP contribution in [0, 0.1) is 33.5 Å². The fourth-order valence-corrected chi connectivity index (χ4v) is 8.35. The number of aryl methyl sites for hydroxylation is 2. The molecule has 2 aliphatic rings. The summed E-state index contributed by atoms with van der Waals surface area (Å²) in [4.78, 5) is 0. The fraction of sp³-hybridized carbons (Fsp3) is 0.697. The maximum absolute atomic E-state index is 2.48. The van der Waals surface area contributed by atoms with E-state index in [2.05, 4.69) is 141 Å². The monoisotopic (exact) mass is 476 g/mol. The first-order valence-corrected chi connectivity index (χ1v) is 13.9. The molecule has 2 aromatic heterocycles. The smallest absolute Gasteiger partial charge is 0.198 e. The first-order valence-electron chi connectivity index (χ1n) is 13.9. The van der Waals surface area contributed by atoms with Crippen LogP contribution in [0.2, 0.25) is 0 Å². The molecule has 192 valence electrons. The molecule has 2 heterocycles. The average molecular weight is 477 g/mol. The summed E-state index contributed by atoms with van der Waals surface area (Å²) < 4.78 is 4.67. The molecule has 4 atom stereocenters. The topological polar surface area (TPSA) is 7.76 Å². The Balaban J connectivity index is 1.40. The van der Waals surface area contributed by atoms with E-state index in [1.54, 1.807) is 0 Å². The van der Waals surface area contributed by atoms with Crippen LogP contribution in [-0.2, 0) is 23.9 Å². The standard InChI is InChI=1S/C33H52N2/c1-28(2,3)23-26-30(7,8)32(26,11)24-13-17-34(18-14-24)21-22-35-19-15-25(16-20-35)33(12)27(29(4,5)6)31(33,9)10/h13-20,26-27H,21-23H2,1-12H3/q+2. The Morgan fingerprint density at radius 2 is 1.03 bits per heavy atom. The van der Waals surface area contributed by atoms with E-state index in [9.17, 15) is 0 Å². The van der Waals surface area contributed by atoms with Crippen LogP contribution >= 0.6 is 0 Å². The van der Waals surface area contributed by atoms with E-state index in [-0.39, 0.29) is 10.8 Å². The molecule has 2 fully saturated rings. The molecule has 2 aliphatic carbocycles. The number of aromatic nitrogens is 2. The van der Waals surface area contributed by atoms with Gasteiger partial charge in [-0.25, -0.2) is 0 Å². The normalized spacial score (nSPS) is 31.3. The van der Waals surface area contributed by atoms with Crippen LogP contribution in [0.5, 0.6) is 0 Å². The Labute approximate surface area is 216 Å². The number of hydrogen-bond acceptors (Lipinski definition) is 0. The van der Waals surface area contributed by atoms with Gasteiger partial charge in [0.05, 0.1) is 0 Å². The lowest BCUT2D eigenvalue weighted by molar-refractivity contribution is -0.778. The van der Waals surface area contributed by atoms with Crippen LogP contribution in [0.3, 0.4) is 0 Å². The second kappa shape index (κ2) is 7.90. The predicted octanol–water partition coefficient (Wildman–Crippen LogP) is 7.27. The molecule has 4 unspecified atom stereocenters. The number of nitrogens with zero attached hydrogens (tertiary/aromatic N) is 2. The van der Waals surface area contributed by atoms with Gasteiger partial charge < -0.3 is 0 Å². The molecule has 35 heavy (non-hydrogen) atoms. The first-order chi connectivity index (χ1) is 15.9. The maximum Gasteiger partial charge on any atom is 0.206 e. The highest BCUT2D eigenvalue weighted by molar-refractivity contribution is 5.39. The Hall–Kier alpha value is -1.70. The van der Waals surface area contributed by atoms with E-state index in [0.29, 0.717) is 27.6 Å². The van der Waals surface area contributed by atoms with Crippen molar-refractivity contribution in [3.05, 3.63) is 60.2 Å². The highest BCUT2D eigenvalue weighted by atomic mass is 15.0. The Morgan fingerprint density at radius 1 is 0.629 bits per heavy atom. The minimum Gasteiger partial charge on any atom is -0.198 e. The largest absolute Gasteiger partial charge is 0.206 e. The van der Waals surface area contributed by atoms with Crippen molar-refractivity contribution in [1.29, 1.82) is 0 Å². The average Bonchev–Trinajstić information content (AvgIpc) is 3.40.